The van der Waals surface area contributed by atoms with Crippen LogP contribution in [0.4, 0.5) is 10.6 Å². The molecule has 0 aromatic carbocycles. The fourth-order valence-corrected chi connectivity index (χ4v) is 2.29. The molecular formula is C9H9N3O2S. The quantitative estimate of drug-likeness (QED) is 0.724. The maximum atomic E-state index is 10.5. The smallest absolute Gasteiger partial charge is 0.410 e. The summed E-state index contributed by atoms with van der Waals surface area (Å²) in [5, 5.41) is 11.8. The van der Waals surface area contributed by atoms with Crippen molar-refractivity contribution in [1.82, 2.24) is 4.98 Å². The van der Waals surface area contributed by atoms with Gasteiger partial charge < -0.3 is 10.8 Å². The fourth-order valence-electron chi connectivity index (χ4n) is 1.31. The average molecular weight is 223 g/mol. The van der Waals surface area contributed by atoms with Crippen LogP contribution < -0.4 is 11.1 Å². The van der Waals surface area contributed by atoms with Gasteiger partial charge in [0, 0.05) is 17.6 Å². The number of thiophene rings is 1. The van der Waals surface area contributed by atoms with Gasteiger partial charge in [-0.05, 0) is 17.5 Å². The SMILES string of the molecule is NCc1cc2ccnc(NC(=O)O)c2s1. The van der Waals surface area contributed by atoms with Gasteiger partial charge in [-0.2, -0.15) is 0 Å². The summed E-state index contributed by atoms with van der Waals surface area (Å²) < 4.78 is 0.820. The Morgan fingerprint density at radius 1 is 1.67 bits per heavy atom. The van der Waals surface area contributed by atoms with Gasteiger partial charge in [0.1, 0.15) is 0 Å². The Balaban J connectivity index is 2.54. The zero-order valence-electron chi connectivity index (χ0n) is 7.73. The number of nitrogens with two attached hydrogens (primary N) is 1. The highest BCUT2D eigenvalue weighted by Crippen LogP contribution is 2.30. The van der Waals surface area contributed by atoms with E-state index in [9.17, 15) is 4.79 Å². The highest BCUT2D eigenvalue weighted by molar-refractivity contribution is 7.19. The topological polar surface area (TPSA) is 88.2 Å². The molecule has 2 heterocycles. The third-order valence-corrected chi connectivity index (χ3v) is 3.09. The van der Waals surface area contributed by atoms with E-state index in [1.165, 1.54) is 11.3 Å². The minimum atomic E-state index is -1.11. The van der Waals surface area contributed by atoms with Crippen molar-refractivity contribution in [2.45, 2.75) is 6.54 Å². The summed E-state index contributed by atoms with van der Waals surface area (Å²) in [6.45, 7) is 0.450. The lowest BCUT2D eigenvalue weighted by Gasteiger charge is -1.99. The number of nitrogens with one attached hydrogen (secondary N) is 1. The van der Waals surface area contributed by atoms with Gasteiger partial charge in [-0.1, -0.05) is 0 Å². The van der Waals surface area contributed by atoms with Crippen molar-refractivity contribution < 1.29 is 9.90 Å². The van der Waals surface area contributed by atoms with Crippen LogP contribution in [0, 0.1) is 0 Å². The molecule has 0 saturated carbocycles. The zero-order valence-corrected chi connectivity index (χ0v) is 8.54. The molecule has 0 aliphatic carbocycles. The molecular weight excluding hydrogens is 214 g/mol. The number of anilines is 1. The van der Waals surface area contributed by atoms with Gasteiger partial charge in [0.25, 0.3) is 0 Å². The van der Waals surface area contributed by atoms with Crippen LogP contribution in [-0.2, 0) is 6.54 Å². The predicted molar refractivity (Wildman–Crippen MR) is 59.2 cm³/mol. The molecule has 2 rings (SSSR count). The first-order valence-electron chi connectivity index (χ1n) is 4.28. The minimum absolute atomic E-state index is 0.365. The predicted octanol–water partition coefficient (Wildman–Crippen LogP) is 1.84. The van der Waals surface area contributed by atoms with E-state index in [0.717, 1.165) is 15.0 Å². The Bertz CT molecular complexity index is 509. The third kappa shape index (κ3) is 1.90. The summed E-state index contributed by atoms with van der Waals surface area (Å²) in [6, 6.07) is 3.77. The van der Waals surface area contributed by atoms with Gasteiger partial charge in [0.2, 0.25) is 0 Å². The number of amides is 1. The van der Waals surface area contributed by atoms with E-state index < -0.39 is 6.09 Å². The number of aromatic nitrogens is 1. The Labute approximate surface area is 89.5 Å². The largest absolute Gasteiger partial charge is 0.465 e. The van der Waals surface area contributed by atoms with Gasteiger partial charge in [-0.25, -0.2) is 9.78 Å². The molecule has 0 radical (unpaired) electrons. The van der Waals surface area contributed by atoms with Gasteiger partial charge >= 0.3 is 6.09 Å². The number of hydrogen-bond acceptors (Lipinski definition) is 4. The second-order valence-corrected chi connectivity index (χ2v) is 4.06. The second kappa shape index (κ2) is 3.84. The lowest BCUT2D eigenvalue weighted by molar-refractivity contribution is 0.209. The van der Waals surface area contributed by atoms with E-state index in [0.29, 0.717) is 12.4 Å². The summed E-state index contributed by atoms with van der Waals surface area (Å²) in [5.41, 5.74) is 5.52. The molecule has 2 aromatic rings. The van der Waals surface area contributed by atoms with Crippen LogP contribution in [0.3, 0.4) is 0 Å². The molecule has 1 amide bonds. The molecule has 2 aromatic heterocycles. The Hall–Kier alpha value is -1.66. The molecule has 0 spiro atoms. The molecule has 4 N–H and O–H groups in total. The van der Waals surface area contributed by atoms with E-state index >= 15 is 0 Å². The summed E-state index contributed by atoms with van der Waals surface area (Å²) in [7, 11) is 0. The van der Waals surface area contributed by atoms with E-state index in [2.05, 4.69) is 10.3 Å². The van der Waals surface area contributed by atoms with E-state index in [-0.39, 0.29) is 0 Å². The van der Waals surface area contributed by atoms with Crippen molar-refractivity contribution in [1.29, 1.82) is 0 Å². The van der Waals surface area contributed by atoms with E-state index in [1.807, 2.05) is 12.1 Å². The summed E-state index contributed by atoms with van der Waals surface area (Å²) in [6.07, 6.45) is 0.457. The standard InChI is InChI=1S/C9H9N3O2S/c10-4-6-3-5-1-2-11-8(7(5)15-6)12-9(13)14/h1-3H,4,10H2,(H,11,12)(H,13,14). The fraction of sp³-hybridized carbons (Fsp3) is 0.111. The third-order valence-electron chi connectivity index (χ3n) is 1.91. The van der Waals surface area contributed by atoms with Gasteiger partial charge in [0.05, 0.1) is 4.70 Å². The Morgan fingerprint density at radius 3 is 3.13 bits per heavy atom. The summed E-state index contributed by atoms with van der Waals surface area (Å²) in [5.74, 6) is 0.365. The minimum Gasteiger partial charge on any atom is -0.465 e. The van der Waals surface area contributed by atoms with Crippen molar-refractivity contribution in [2.75, 3.05) is 5.32 Å². The van der Waals surface area contributed by atoms with Crippen molar-refractivity contribution in [3.8, 4) is 0 Å². The molecule has 0 fully saturated rings. The number of carboxylic acid groups (broad SMARTS) is 1. The average Bonchev–Trinajstić information content (AvgIpc) is 2.61. The Morgan fingerprint density at radius 2 is 2.47 bits per heavy atom. The lowest BCUT2D eigenvalue weighted by atomic mass is 10.3. The zero-order chi connectivity index (χ0) is 10.8. The number of nitrogens with zero attached hydrogens (tertiary/aromatic N) is 1. The van der Waals surface area contributed by atoms with Gasteiger partial charge in [-0.3, -0.25) is 5.32 Å². The monoisotopic (exact) mass is 223 g/mol. The number of rotatable bonds is 2. The van der Waals surface area contributed by atoms with Crippen molar-refractivity contribution in [2.24, 2.45) is 5.73 Å². The van der Waals surface area contributed by atoms with Crippen molar-refractivity contribution >= 4 is 33.3 Å². The van der Waals surface area contributed by atoms with Crippen LogP contribution >= 0.6 is 11.3 Å². The van der Waals surface area contributed by atoms with Gasteiger partial charge in [0.15, 0.2) is 5.82 Å². The molecule has 0 aliphatic heterocycles. The van der Waals surface area contributed by atoms with Crippen molar-refractivity contribution in [3.63, 3.8) is 0 Å². The maximum absolute atomic E-state index is 10.5. The van der Waals surface area contributed by atoms with Crippen LogP contribution in [0.1, 0.15) is 4.88 Å². The van der Waals surface area contributed by atoms with Crippen LogP contribution in [0.25, 0.3) is 10.1 Å². The first-order valence-corrected chi connectivity index (χ1v) is 5.10. The number of pyridine rings is 1. The molecule has 5 nitrogen and oxygen atoms in total. The highest BCUT2D eigenvalue weighted by atomic mass is 32.1. The molecule has 15 heavy (non-hydrogen) atoms. The highest BCUT2D eigenvalue weighted by Gasteiger charge is 2.08. The molecule has 6 heteroatoms. The lowest BCUT2D eigenvalue weighted by Crippen LogP contribution is -2.08. The van der Waals surface area contributed by atoms with Crippen LogP contribution in [0.2, 0.25) is 0 Å². The normalized spacial score (nSPS) is 10.5. The molecule has 0 bridgehead atoms. The Kier molecular flexibility index (Phi) is 2.53. The van der Waals surface area contributed by atoms with Crippen LogP contribution in [0.15, 0.2) is 18.3 Å². The van der Waals surface area contributed by atoms with Crippen LogP contribution in [-0.4, -0.2) is 16.2 Å². The van der Waals surface area contributed by atoms with Crippen LogP contribution in [0.5, 0.6) is 0 Å². The first kappa shape index (κ1) is 9.88. The van der Waals surface area contributed by atoms with Gasteiger partial charge in [-0.15, -0.1) is 11.3 Å². The molecule has 0 atom stereocenters. The maximum Gasteiger partial charge on any atom is 0.410 e. The molecule has 78 valence electrons. The number of carbonyl (C=O) groups is 1. The van der Waals surface area contributed by atoms with E-state index in [1.54, 1.807) is 6.20 Å². The number of hydrogen-bond donors (Lipinski definition) is 3. The second-order valence-electron chi connectivity index (χ2n) is 2.92. The van der Waals surface area contributed by atoms with Crippen molar-refractivity contribution in [3.05, 3.63) is 23.2 Å². The summed E-state index contributed by atoms with van der Waals surface area (Å²) in [4.78, 5) is 15.5. The summed E-state index contributed by atoms with van der Waals surface area (Å²) >= 11 is 1.45. The van der Waals surface area contributed by atoms with E-state index in [4.69, 9.17) is 10.8 Å². The molecule has 0 saturated heterocycles. The molecule has 0 unspecified atom stereocenters. The molecule has 0 aliphatic rings. The number of fused-ring (bicyclic) bond motifs is 1. The first-order chi connectivity index (χ1) is 7.20.